The Balaban J connectivity index is 2.03. The molecule has 0 aliphatic heterocycles. The number of carbonyl (C=O) groups excluding carboxylic acids is 1. The summed E-state index contributed by atoms with van der Waals surface area (Å²) in [7, 11) is 0. The van der Waals surface area contributed by atoms with Gasteiger partial charge in [0, 0.05) is 0 Å². The van der Waals surface area contributed by atoms with E-state index in [4.69, 9.17) is 4.74 Å². The molecule has 0 saturated heterocycles. The first kappa shape index (κ1) is 15.2. The number of aromatic nitrogens is 1. The van der Waals surface area contributed by atoms with Gasteiger partial charge < -0.3 is 9.72 Å². The van der Waals surface area contributed by atoms with Crippen molar-refractivity contribution in [1.29, 1.82) is 0 Å². The van der Waals surface area contributed by atoms with Gasteiger partial charge >= 0.3 is 5.97 Å². The number of rotatable bonds is 4. The highest BCUT2D eigenvalue weighted by molar-refractivity contribution is 7.13. The van der Waals surface area contributed by atoms with Crippen LogP contribution in [-0.2, 0) is 4.74 Å². The van der Waals surface area contributed by atoms with Crippen LogP contribution < -0.4 is 0 Å². The highest BCUT2D eigenvalue weighted by Gasteiger charge is 2.26. The third-order valence-corrected chi connectivity index (χ3v) is 4.95. The monoisotopic (exact) mass is 325 g/mol. The van der Waals surface area contributed by atoms with Crippen molar-refractivity contribution >= 4 is 17.3 Å². The fourth-order valence-corrected chi connectivity index (χ4v) is 3.80. The molecule has 22 heavy (non-hydrogen) atoms. The number of halogens is 2. The van der Waals surface area contributed by atoms with Crippen molar-refractivity contribution in [3.63, 3.8) is 0 Å². The van der Waals surface area contributed by atoms with Gasteiger partial charge in [-0.3, -0.25) is 0 Å². The van der Waals surface area contributed by atoms with Crippen molar-refractivity contribution in [2.75, 3.05) is 6.61 Å². The SMILES string of the molecule is CCOC(=O)c1cc(C2CCCC2)c(-c2cc(F)c(F)s2)[nH]1. The van der Waals surface area contributed by atoms with Crippen molar-refractivity contribution in [3.8, 4) is 10.6 Å². The predicted molar refractivity (Wildman–Crippen MR) is 81.2 cm³/mol. The summed E-state index contributed by atoms with van der Waals surface area (Å²) in [5, 5.41) is -0.834. The van der Waals surface area contributed by atoms with Crippen LogP contribution in [-0.4, -0.2) is 17.6 Å². The van der Waals surface area contributed by atoms with E-state index in [0.717, 1.165) is 42.6 Å². The standard InChI is InChI=1S/C16H17F2NO2S/c1-2-21-16(20)12-7-10(9-5-3-4-6-9)14(19-12)13-8-11(17)15(18)22-13/h7-9,19H,2-6H2,1H3. The summed E-state index contributed by atoms with van der Waals surface area (Å²) in [6, 6.07) is 2.96. The van der Waals surface area contributed by atoms with Crippen LogP contribution in [0.25, 0.3) is 10.6 Å². The lowest BCUT2D eigenvalue weighted by Crippen LogP contribution is -2.04. The van der Waals surface area contributed by atoms with E-state index < -0.39 is 16.9 Å². The van der Waals surface area contributed by atoms with Gasteiger partial charge in [-0.1, -0.05) is 12.8 Å². The van der Waals surface area contributed by atoms with Crippen LogP contribution in [0.15, 0.2) is 12.1 Å². The molecule has 2 aromatic heterocycles. The molecule has 0 atom stereocenters. The number of aromatic amines is 1. The molecule has 0 radical (unpaired) electrons. The van der Waals surface area contributed by atoms with Crippen molar-refractivity contribution in [2.45, 2.75) is 38.5 Å². The average molecular weight is 325 g/mol. The van der Waals surface area contributed by atoms with E-state index in [1.807, 2.05) is 0 Å². The molecule has 3 nitrogen and oxygen atoms in total. The molecule has 1 N–H and O–H groups in total. The second-order valence-electron chi connectivity index (χ2n) is 5.45. The first-order valence-electron chi connectivity index (χ1n) is 7.45. The van der Waals surface area contributed by atoms with Gasteiger partial charge in [-0.25, -0.2) is 9.18 Å². The Morgan fingerprint density at radius 1 is 1.36 bits per heavy atom. The highest BCUT2D eigenvalue weighted by Crippen LogP contribution is 2.41. The molecule has 1 fully saturated rings. The summed E-state index contributed by atoms with van der Waals surface area (Å²) in [6.45, 7) is 2.03. The largest absolute Gasteiger partial charge is 0.461 e. The lowest BCUT2D eigenvalue weighted by atomic mass is 9.97. The number of hydrogen-bond donors (Lipinski definition) is 1. The van der Waals surface area contributed by atoms with Gasteiger partial charge in [0.1, 0.15) is 5.69 Å². The molecule has 0 spiro atoms. The van der Waals surface area contributed by atoms with Crippen molar-refractivity contribution in [2.24, 2.45) is 0 Å². The van der Waals surface area contributed by atoms with Gasteiger partial charge in [-0.2, -0.15) is 4.39 Å². The number of carbonyl (C=O) groups is 1. The lowest BCUT2D eigenvalue weighted by molar-refractivity contribution is 0.0520. The Labute approximate surface area is 131 Å². The van der Waals surface area contributed by atoms with Gasteiger partial charge in [-0.05, 0) is 43.4 Å². The molecule has 0 unspecified atom stereocenters. The maximum Gasteiger partial charge on any atom is 0.354 e. The molecule has 6 heteroatoms. The van der Waals surface area contributed by atoms with Crippen LogP contribution in [0.5, 0.6) is 0 Å². The molecular formula is C16H17F2NO2S. The fraction of sp³-hybridized carbons (Fsp3) is 0.438. The molecular weight excluding hydrogens is 308 g/mol. The Bertz CT molecular complexity index is 667. The van der Waals surface area contributed by atoms with Crippen LogP contribution in [0.4, 0.5) is 8.78 Å². The van der Waals surface area contributed by atoms with Gasteiger partial charge in [0.15, 0.2) is 5.82 Å². The van der Waals surface area contributed by atoms with E-state index in [-0.39, 0.29) is 6.61 Å². The smallest absolute Gasteiger partial charge is 0.354 e. The summed E-state index contributed by atoms with van der Waals surface area (Å²) in [4.78, 5) is 15.4. The summed E-state index contributed by atoms with van der Waals surface area (Å²) in [6.07, 6.45) is 4.33. The minimum atomic E-state index is -0.857. The number of ether oxygens (including phenoxy) is 1. The Morgan fingerprint density at radius 2 is 2.09 bits per heavy atom. The zero-order valence-corrected chi connectivity index (χ0v) is 13.1. The van der Waals surface area contributed by atoms with Crippen LogP contribution >= 0.6 is 11.3 Å². The van der Waals surface area contributed by atoms with Crippen LogP contribution in [0.2, 0.25) is 0 Å². The fourth-order valence-electron chi connectivity index (χ4n) is 3.02. The molecule has 1 aliphatic rings. The maximum atomic E-state index is 13.4. The van der Waals surface area contributed by atoms with Gasteiger partial charge in [0.05, 0.1) is 17.2 Å². The molecule has 2 aromatic rings. The maximum absolute atomic E-state index is 13.4. The summed E-state index contributed by atoms with van der Waals surface area (Å²) in [5.41, 5.74) is 1.94. The van der Waals surface area contributed by atoms with E-state index in [1.165, 1.54) is 6.07 Å². The van der Waals surface area contributed by atoms with Gasteiger partial charge in [0.2, 0.25) is 5.13 Å². The summed E-state index contributed by atoms with van der Waals surface area (Å²) >= 11 is 0.754. The second kappa shape index (κ2) is 6.20. The number of thiophene rings is 1. The van der Waals surface area contributed by atoms with Crippen molar-refractivity contribution < 1.29 is 18.3 Å². The molecule has 3 rings (SSSR count). The summed E-state index contributed by atoms with van der Waals surface area (Å²) in [5.74, 6) is -0.974. The Morgan fingerprint density at radius 3 is 2.68 bits per heavy atom. The molecule has 1 aliphatic carbocycles. The number of hydrogen-bond acceptors (Lipinski definition) is 3. The topological polar surface area (TPSA) is 42.1 Å². The number of nitrogens with one attached hydrogen (secondary N) is 1. The van der Waals surface area contributed by atoms with E-state index in [1.54, 1.807) is 13.0 Å². The second-order valence-corrected chi connectivity index (χ2v) is 6.45. The van der Waals surface area contributed by atoms with E-state index in [9.17, 15) is 13.6 Å². The van der Waals surface area contributed by atoms with E-state index in [2.05, 4.69) is 4.98 Å². The number of esters is 1. The first-order valence-corrected chi connectivity index (χ1v) is 8.27. The van der Waals surface area contributed by atoms with Crippen LogP contribution in [0, 0.1) is 10.9 Å². The summed E-state index contributed by atoms with van der Waals surface area (Å²) < 4.78 is 31.7. The molecule has 0 amide bonds. The highest BCUT2D eigenvalue weighted by atomic mass is 32.1. The molecule has 0 bridgehead atoms. The zero-order chi connectivity index (χ0) is 15.7. The minimum absolute atomic E-state index is 0.286. The quantitative estimate of drug-likeness (QED) is 0.816. The first-order chi connectivity index (χ1) is 10.6. The Kier molecular flexibility index (Phi) is 4.29. The van der Waals surface area contributed by atoms with Crippen molar-refractivity contribution in [3.05, 3.63) is 34.3 Å². The lowest BCUT2D eigenvalue weighted by Gasteiger charge is -2.09. The van der Waals surface area contributed by atoms with Crippen LogP contribution in [0.1, 0.15) is 54.6 Å². The Hall–Kier alpha value is -1.69. The van der Waals surface area contributed by atoms with E-state index >= 15 is 0 Å². The van der Waals surface area contributed by atoms with Crippen molar-refractivity contribution in [1.82, 2.24) is 4.98 Å². The third kappa shape index (κ3) is 2.79. The molecule has 1 saturated carbocycles. The predicted octanol–water partition coefficient (Wildman–Crippen LogP) is 4.86. The molecule has 118 valence electrons. The van der Waals surface area contributed by atoms with Gasteiger partial charge in [-0.15, -0.1) is 11.3 Å². The van der Waals surface area contributed by atoms with Crippen LogP contribution in [0.3, 0.4) is 0 Å². The normalized spacial score (nSPS) is 15.4. The molecule has 0 aromatic carbocycles. The number of H-pyrrole nitrogens is 1. The van der Waals surface area contributed by atoms with Gasteiger partial charge in [0.25, 0.3) is 0 Å². The van der Waals surface area contributed by atoms with E-state index in [0.29, 0.717) is 22.2 Å². The third-order valence-electron chi connectivity index (χ3n) is 4.03. The average Bonchev–Trinajstić information content (AvgIpc) is 3.19. The zero-order valence-electron chi connectivity index (χ0n) is 12.2. The molecule has 2 heterocycles. The minimum Gasteiger partial charge on any atom is -0.461 e.